The molecule has 0 radical (unpaired) electrons. The van der Waals surface area contributed by atoms with E-state index in [9.17, 15) is 0 Å². The minimum atomic E-state index is 0.222. The zero-order valence-corrected chi connectivity index (χ0v) is 12.7. The van der Waals surface area contributed by atoms with Gasteiger partial charge in [0.25, 0.3) is 0 Å². The molecule has 1 aromatic heterocycles. The Hall–Kier alpha value is -0.840. The Bertz CT molecular complexity index is 539. The molecule has 1 heterocycles. The van der Waals surface area contributed by atoms with Gasteiger partial charge in [0.1, 0.15) is 5.82 Å². The zero-order valence-electron chi connectivity index (χ0n) is 10.3. The molecule has 3 nitrogen and oxygen atoms in total. The Kier molecular flexibility index (Phi) is 4.43. The summed E-state index contributed by atoms with van der Waals surface area (Å²) in [6.45, 7) is 0. The van der Waals surface area contributed by atoms with Gasteiger partial charge < -0.3 is 9.88 Å². The smallest absolute Gasteiger partial charge is 0.110 e. The second kappa shape index (κ2) is 5.87. The van der Waals surface area contributed by atoms with E-state index in [-0.39, 0.29) is 6.04 Å². The Balaban J connectivity index is 2.23. The number of rotatable bonds is 4. The highest BCUT2D eigenvalue weighted by molar-refractivity contribution is 9.10. The summed E-state index contributed by atoms with van der Waals surface area (Å²) in [5.74, 6) is 1.06. The molecule has 0 aliphatic carbocycles. The van der Waals surface area contributed by atoms with E-state index in [0.29, 0.717) is 0 Å². The Labute approximate surface area is 120 Å². The Morgan fingerprint density at radius 2 is 2.28 bits per heavy atom. The third-order valence-corrected chi connectivity index (χ3v) is 4.22. The summed E-state index contributed by atoms with van der Waals surface area (Å²) >= 11 is 9.47. The lowest BCUT2D eigenvalue weighted by atomic mass is 10.0. The van der Waals surface area contributed by atoms with Crippen LogP contribution in [0.2, 0.25) is 5.02 Å². The van der Waals surface area contributed by atoms with Crippen molar-refractivity contribution in [3.05, 3.63) is 51.5 Å². The van der Waals surface area contributed by atoms with Crippen LogP contribution in [0.4, 0.5) is 0 Å². The number of nitrogens with one attached hydrogen (secondary N) is 1. The zero-order chi connectivity index (χ0) is 13.1. The predicted octanol–water partition coefficient (Wildman–Crippen LogP) is 3.34. The van der Waals surface area contributed by atoms with E-state index in [1.807, 2.05) is 49.3 Å². The van der Waals surface area contributed by atoms with Crippen molar-refractivity contribution in [1.82, 2.24) is 14.9 Å². The van der Waals surface area contributed by atoms with E-state index < -0.39 is 0 Å². The largest absolute Gasteiger partial charge is 0.338 e. The molecule has 0 saturated carbocycles. The standard InChI is InChI=1S/C13H15BrClN3/c1-16-12(8-13-17-5-6-18(13)2)9-3-4-11(15)10(14)7-9/h3-7,12,16H,8H2,1-2H3. The maximum Gasteiger partial charge on any atom is 0.110 e. The van der Waals surface area contributed by atoms with Crippen LogP contribution in [-0.2, 0) is 13.5 Å². The third kappa shape index (κ3) is 2.94. The first-order valence-electron chi connectivity index (χ1n) is 5.70. The van der Waals surface area contributed by atoms with Gasteiger partial charge in [0.2, 0.25) is 0 Å². The van der Waals surface area contributed by atoms with Crippen LogP contribution in [0.5, 0.6) is 0 Å². The number of imidazole rings is 1. The van der Waals surface area contributed by atoms with Gasteiger partial charge in [0.15, 0.2) is 0 Å². The van der Waals surface area contributed by atoms with Crippen molar-refractivity contribution in [3.8, 4) is 0 Å². The summed E-state index contributed by atoms with van der Waals surface area (Å²) < 4.78 is 2.96. The molecule has 0 spiro atoms. The highest BCUT2D eigenvalue weighted by Gasteiger charge is 2.13. The minimum Gasteiger partial charge on any atom is -0.338 e. The summed E-state index contributed by atoms with van der Waals surface area (Å²) in [5.41, 5.74) is 1.19. The summed E-state index contributed by atoms with van der Waals surface area (Å²) in [5, 5.41) is 4.04. The molecule has 2 aromatic rings. The fraction of sp³-hybridized carbons (Fsp3) is 0.308. The lowest BCUT2D eigenvalue weighted by Crippen LogP contribution is -2.20. The molecular weight excluding hydrogens is 314 g/mol. The molecule has 0 fully saturated rings. The van der Waals surface area contributed by atoms with Crippen LogP contribution < -0.4 is 5.32 Å². The van der Waals surface area contributed by atoms with Crippen LogP contribution in [0, 0.1) is 0 Å². The van der Waals surface area contributed by atoms with Crippen molar-refractivity contribution in [1.29, 1.82) is 0 Å². The van der Waals surface area contributed by atoms with Crippen LogP contribution in [-0.4, -0.2) is 16.6 Å². The third-order valence-electron chi connectivity index (χ3n) is 3.00. The van der Waals surface area contributed by atoms with Gasteiger partial charge in [-0.2, -0.15) is 0 Å². The number of benzene rings is 1. The molecule has 1 N–H and O–H groups in total. The number of aryl methyl sites for hydroxylation is 1. The first-order valence-corrected chi connectivity index (χ1v) is 6.87. The predicted molar refractivity (Wildman–Crippen MR) is 77.9 cm³/mol. The van der Waals surface area contributed by atoms with Gasteiger partial charge in [-0.05, 0) is 40.7 Å². The van der Waals surface area contributed by atoms with Crippen LogP contribution >= 0.6 is 27.5 Å². The van der Waals surface area contributed by atoms with E-state index in [1.165, 1.54) is 5.56 Å². The lowest BCUT2D eigenvalue weighted by molar-refractivity contribution is 0.563. The first-order chi connectivity index (χ1) is 8.61. The average Bonchev–Trinajstić information content (AvgIpc) is 2.75. The highest BCUT2D eigenvalue weighted by atomic mass is 79.9. The number of hydrogen-bond acceptors (Lipinski definition) is 2. The van der Waals surface area contributed by atoms with Crippen molar-refractivity contribution in [2.45, 2.75) is 12.5 Å². The van der Waals surface area contributed by atoms with Crippen molar-refractivity contribution >= 4 is 27.5 Å². The van der Waals surface area contributed by atoms with Crippen LogP contribution in [0.1, 0.15) is 17.4 Å². The van der Waals surface area contributed by atoms with Crippen LogP contribution in [0.3, 0.4) is 0 Å². The van der Waals surface area contributed by atoms with Gasteiger partial charge in [0.05, 0.1) is 5.02 Å². The molecule has 0 saturated heterocycles. The van der Waals surface area contributed by atoms with Crippen molar-refractivity contribution in [2.24, 2.45) is 7.05 Å². The van der Waals surface area contributed by atoms with E-state index in [1.54, 1.807) is 0 Å². The van der Waals surface area contributed by atoms with E-state index >= 15 is 0 Å². The van der Waals surface area contributed by atoms with E-state index in [0.717, 1.165) is 21.7 Å². The molecule has 2 rings (SSSR count). The second-order valence-corrected chi connectivity index (χ2v) is 5.43. The summed E-state index contributed by atoms with van der Waals surface area (Å²) in [4.78, 5) is 4.35. The van der Waals surface area contributed by atoms with Crippen LogP contribution in [0.25, 0.3) is 0 Å². The molecule has 1 unspecified atom stereocenters. The second-order valence-electron chi connectivity index (χ2n) is 4.17. The van der Waals surface area contributed by atoms with Crippen molar-refractivity contribution in [3.63, 3.8) is 0 Å². The van der Waals surface area contributed by atoms with Crippen molar-refractivity contribution < 1.29 is 0 Å². The molecule has 0 amide bonds. The van der Waals surface area contributed by atoms with E-state index in [2.05, 4.69) is 26.2 Å². The van der Waals surface area contributed by atoms with Gasteiger partial charge in [-0.25, -0.2) is 4.98 Å². The normalized spacial score (nSPS) is 12.7. The first kappa shape index (κ1) is 13.6. The number of nitrogens with zero attached hydrogens (tertiary/aromatic N) is 2. The molecule has 1 aromatic carbocycles. The lowest BCUT2D eigenvalue weighted by Gasteiger charge is -2.17. The van der Waals surface area contributed by atoms with E-state index in [4.69, 9.17) is 11.6 Å². The topological polar surface area (TPSA) is 29.9 Å². The molecule has 0 bridgehead atoms. The van der Waals surface area contributed by atoms with Gasteiger partial charge >= 0.3 is 0 Å². The van der Waals surface area contributed by atoms with Gasteiger partial charge in [0, 0.05) is 36.4 Å². The Morgan fingerprint density at radius 1 is 1.50 bits per heavy atom. The molecular formula is C13H15BrClN3. The molecule has 5 heteroatoms. The summed E-state index contributed by atoms with van der Waals surface area (Å²) in [6.07, 6.45) is 4.62. The molecule has 1 atom stereocenters. The molecule has 96 valence electrons. The SMILES string of the molecule is CNC(Cc1nccn1C)c1ccc(Cl)c(Br)c1. The maximum absolute atomic E-state index is 6.01. The number of aromatic nitrogens is 2. The maximum atomic E-state index is 6.01. The highest BCUT2D eigenvalue weighted by Crippen LogP contribution is 2.27. The number of halogens is 2. The number of likely N-dealkylation sites (N-methyl/N-ethyl adjacent to an activating group) is 1. The fourth-order valence-corrected chi connectivity index (χ4v) is 2.41. The minimum absolute atomic E-state index is 0.222. The summed E-state index contributed by atoms with van der Waals surface area (Å²) in [6, 6.07) is 6.22. The van der Waals surface area contributed by atoms with Gasteiger partial charge in [-0.3, -0.25) is 0 Å². The fourth-order valence-electron chi connectivity index (χ4n) is 1.89. The molecule has 0 aliphatic heterocycles. The number of hydrogen-bond donors (Lipinski definition) is 1. The summed E-state index contributed by atoms with van der Waals surface area (Å²) in [7, 11) is 3.96. The monoisotopic (exact) mass is 327 g/mol. The van der Waals surface area contributed by atoms with Crippen molar-refractivity contribution in [2.75, 3.05) is 7.05 Å². The van der Waals surface area contributed by atoms with Gasteiger partial charge in [-0.1, -0.05) is 17.7 Å². The van der Waals surface area contributed by atoms with Gasteiger partial charge in [-0.15, -0.1) is 0 Å². The molecule has 18 heavy (non-hydrogen) atoms. The van der Waals surface area contributed by atoms with Crippen LogP contribution in [0.15, 0.2) is 35.1 Å². The molecule has 0 aliphatic rings. The average molecular weight is 329 g/mol. The quantitative estimate of drug-likeness (QED) is 0.933. The Morgan fingerprint density at radius 3 is 2.83 bits per heavy atom.